The second-order valence-electron chi connectivity index (χ2n) is 5.94. The van der Waals surface area contributed by atoms with Gasteiger partial charge in [0.05, 0.1) is 13.7 Å². The van der Waals surface area contributed by atoms with Crippen LogP contribution in [0.3, 0.4) is 0 Å². The van der Waals surface area contributed by atoms with Crippen LogP contribution in [-0.2, 0) is 6.54 Å². The molecule has 1 aliphatic heterocycles. The second kappa shape index (κ2) is 6.46. The molecule has 4 heteroatoms. The van der Waals surface area contributed by atoms with Crippen molar-refractivity contribution in [3.8, 4) is 11.5 Å². The van der Waals surface area contributed by atoms with Gasteiger partial charge in [-0.3, -0.25) is 4.90 Å². The normalized spacial score (nSPS) is 18.8. The van der Waals surface area contributed by atoms with Crippen molar-refractivity contribution in [1.29, 1.82) is 0 Å². The molecule has 1 aromatic carbocycles. The SMILES string of the molecule is CCOc1ccc(CN2CCNC(C)(C)C2)cc1OC. The topological polar surface area (TPSA) is 33.7 Å². The number of hydrogen-bond donors (Lipinski definition) is 1. The van der Waals surface area contributed by atoms with Crippen molar-refractivity contribution in [2.45, 2.75) is 32.9 Å². The zero-order valence-corrected chi connectivity index (χ0v) is 13.0. The fourth-order valence-corrected chi connectivity index (χ4v) is 2.72. The Balaban J connectivity index is 2.06. The summed E-state index contributed by atoms with van der Waals surface area (Å²) in [5, 5.41) is 3.54. The van der Waals surface area contributed by atoms with Crippen LogP contribution in [0.1, 0.15) is 26.3 Å². The highest BCUT2D eigenvalue weighted by Crippen LogP contribution is 2.28. The number of ether oxygens (including phenoxy) is 2. The van der Waals surface area contributed by atoms with Crippen LogP contribution in [0.4, 0.5) is 0 Å². The number of piperazine rings is 1. The standard InChI is InChI=1S/C16H26N2O2/c1-5-20-14-7-6-13(10-15(14)19-4)11-18-9-8-17-16(2,3)12-18/h6-7,10,17H,5,8-9,11-12H2,1-4H3. The molecule has 0 aliphatic carbocycles. The van der Waals surface area contributed by atoms with Crippen LogP contribution < -0.4 is 14.8 Å². The molecule has 1 aliphatic rings. The summed E-state index contributed by atoms with van der Waals surface area (Å²) < 4.78 is 11.0. The van der Waals surface area contributed by atoms with Crippen molar-refractivity contribution in [2.24, 2.45) is 0 Å². The highest BCUT2D eigenvalue weighted by molar-refractivity contribution is 5.43. The van der Waals surface area contributed by atoms with Crippen molar-refractivity contribution < 1.29 is 9.47 Å². The van der Waals surface area contributed by atoms with Gasteiger partial charge >= 0.3 is 0 Å². The molecule has 0 aromatic heterocycles. The van der Waals surface area contributed by atoms with E-state index in [4.69, 9.17) is 9.47 Å². The first-order chi connectivity index (χ1) is 9.54. The molecule has 0 spiro atoms. The Kier molecular flexibility index (Phi) is 4.89. The maximum Gasteiger partial charge on any atom is 0.161 e. The summed E-state index contributed by atoms with van der Waals surface area (Å²) in [6.45, 7) is 11.3. The molecule has 0 radical (unpaired) electrons. The largest absolute Gasteiger partial charge is 0.493 e. The molecular formula is C16H26N2O2. The summed E-state index contributed by atoms with van der Waals surface area (Å²) in [5.41, 5.74) is 1.45. The Hall–Kier alpha value is -1.26. The van der Waals surface area contributed by atoms with Crippen molar-refractivity contribution in [3.63, 3.8) is 0 Å². The highest BCUT2D eigenvalue weighted by Gasteiger charge is 2.25. The summed E-state index contributed by atoms with van der Waals surface area (Å²) in [7, 11) is 1.69. The molecule has 0 saturated carbocycles. The molecule has 1 aromatic rings. The molecule has 0 bridgehead atoms. The summed E-state index contributed by atoms with van der Waals surface area (Å²) in [6, 6.07) is 6.22. The number of hydrogen-bond acceptors (Lipinski definition) is 4. The van der Waals surface area contributed by atoms with Crippen LogP contribution in [-0.4, -0.2) is 43.8 Å². The molecule has 20 heavy (non-hydrogen) atoms. The lowest BCUT2D eigenvalue weighted by Crippen LogP contribution is -2.56. The van der Waals surface area contributed by atoms with Gasteiger partial charge in [0.25, 0.3) is 0 Å². The summed E-state index contributed by atoms with van der Waals surface area (Å²) in [4.78, 5) is 2.48. The first-order valence-electron chi connectivity index (χ1n) is 7.31. The molecule has 1 fully saturated rings. The van der Waals surface area contributed by atoms with E-state index in [0.717, 1.165) is 37.7 Å². The van der Waals surface area contributed by atoms with E-state index in [9.17, 15) is 0 Å². The van der Waals surface area contributed by atoms with Gasteiger partial charge in [0, 0.05) is 31.7 Å². The zero-order chi connectivity index (χ0) is 14.6. The zero-order valence-electron chi connectivity index (χ0n) is 13.0. The van der Waals surface area contributed by atoms with Crippen molar-refractivity contribution in [2.75, 3.05) is 33.4 Å². The molecule has 1 saturated heterocycles. The van der Waals surface area contributed by atoms with Crippen LogP contribution in [0.5, 0.6) is 11.5 Å². The maximum atomic E-state index is 5.56. The lowest BCUT2D eigenvalue weighted by Gasteiger charge is -2.39. The fourth-order valence-electron chi connectivity index (χ4n) is 2.72. The molecule has 0 amide bonds. The van der Waals surface area contributed by atoms with E-state index < -0.39 is 0 Å². The Morgan fingerprint density at radius 2 is 2.10 bits per heavy atom. The fraction of sp³-hybridized carbons (Fsp3) is 0.625. The van der Waals surface area contributed by atoms with Crippen LogP contribution in [0.25, 0.3) is 0 Å². The predicted octanol–water partition coefficient (Wildman–Crippen LogP) is 2.28. The van der Waals surface area contributed by atoms with Gasteiger partial charge in [-0.05, 0) is 38.5 Å². The number of methoxy groups -OCH3 is 1. The van der Waals surface area contributed by atoms with Gasteiger partial charge in [-0.1, -0.05) is 6.07 Å². The Labute approximate surface area is 122 Å². The average molecular weight is 278 g/mol. The summed E-state index contributed by atoms with van der Waals surface area (Å²) >= 11 is 0. The highest BCUT2D eigenvalue weighted by atomic mass is 16.5. The van der Waals surface area contributed by atoms with E-state index in [2.05, 4.69) is 36.2 Å². The van der Waals surface area contributed by atoms with Gasteiger partial charge in [-0.15, -0.1) is 0 Å². The van der Waals surface area contributed by atoms with Crippen molar-refractivity contribution in [1.82, 2.24) is 10.2 Å². The Morgan fingerprint density at radius 1 is 1.30 bits per heavy atom. The Morgan fingerprint density at radius 3 is 2.75 bits per heavy atom. The molecule has 2 rings (SSSR count). The number of rotatable bonds is 5. The third-order valence-corrected chi connectivity index (χ3v) is 3.58. The van der Waals surface area contributed by atoms with E-state index in [1.165, 1.54) is 5.56 Å². The van der Waals surface area contributed by atoms with E-state index in [1.54, 1.807) is 7.11 Å². The van der Waals surface area contributed by atoms with E-state index in [1.807, 2.05) is 13.0 Å². The molecular weight excluding hydrogens is 252 g/mol. The molecule has 0 unspecified atom stereocenters. The maximum absolute atomic E-state index is 5.56. The van der Waals surface area contributed by atoms with Gasteiger partial charge in [0.15, 0.2) is 11.5 Å². The van der Waals surface area contributed by atoms with Crippen LogP contribution in [0.15, 0.2) is 18.2 Å². The lowest BCUT2D eigenvalue weighted by atomic mass is 10.0. The average Bonchev–Trinajstić information content (AvgIpc) is 2.39. The van der Waals surface area contributed by atoms with Gasteiger partial charge < -0.3 is 14.8 Å². The predicted molar refractivity (Wildman–Crippen MR) is 81.5 cm³/mol. The van der Waals surface area contributed by atoms with Crippen molar-refractivity contribution >= 4 is 0 Å². The van der Waals surface area contributed by atoms with Gasteiger partial charge in [-0.2, -0.15) is 0 Å². The third kappa shape index (κ3) is 3.87. The first kappa shape index (κ1) is 15.1. The third-order valence-electron chi connectivity index (χ3n) is 3.58. The molecule has 1 N–H and O–H groups in total. The minimum atomic E-state index is 0.188. The van der Waals surface area contributed by atoms with Gasteiger partial charge in [0.2, 0.25) is 0 Å². The first-order valence-corrected chi connectivity index (χ1v) is 7.31. The number of nitrogens with one attached hydrogen (secondary N) is 1. The summed E-state index contributed by atoms with van der Waals surface area (Å²) in [6.07, 6.45) is 0. The smallest absolute Gasteiger partial charge is 0.161 e. The van der Waals surface area contributed by atoms with E-state index in [-0.39, 0.29) is 5.54 Å². The van der Waals surface area contributed by atoms with Crippen molar-refractivity contribution in [3.05, 3.63) is 23.8 Å². The number of benzene rings is 1. The molecule has 4 nitrogen and oxygen atoms in total. The van der Waals surface area contributed by atoms with Crippen LogP contribution in [0, 0.1) is 0 Å². The quantitative estimate of drug-likeness (QED) is 0.896. The summed E-state index contributed by atoms with van der Waals surface area (Å²) in [5.74, 6) is 1.64. The lowest BCUT2D eigenvalue weighted by molar-refractivity contribution is 0.148. The van der Waals surface area contributed by atoms with E-state index in [0.29, 0.717) is 6.61 Å². The van der Waals surface area contributed by atoms with Crippen LogP contribution in [0.2, 0.25) is 0 Å². The van der Waals surface area contributed by atoms with Crippen LogP contribution >= 0.6 is 0 Å². The molecule has 0 atom stereocenters. The minimum absolute atomic E-state index is 0.188. The van der Waals surface area contributed by atoms with Gasteiger partial charge in [-0.25, -0.2) is 0 Å². The Bertz CT molecular complexity index is 446. The second-order valence-corrected chi connectivity index (χ2v) is 5.94. The minimum Gasteiger partial charge on any atom is -0.493 e. The molecule has 112 valence electrons. The van der Waals surface area contributed by atoms with E-state index >= 15 is 0 Å². The molecule has 1 heterocycles. The monoisotopic (exact) mass is 278 g/mol. The number of nitrogens with zero attached hydrogens (tertiary/aromatic N) is 1. The van der Waals surface area contributed by atoms with Gasteiger partial charge in [0.1, 0.15) is 0 Å².